The third-order valence-corrected chi connectivity index (χ3v) is 1.99. The van der Waals surface area contributed by atoms with Crippen LogP contribution in [-0.2, 0) is 0 Å². The monoisotopic (exact) mass is 207 g/mol. The Morgan fingerprint density at radius 1 is 1.33 bits per heavy atom. The number of benzene rings is 1. The second kappa shape index (κ2) is 5.29. The highest BCUT2D eigenvalue weighted by Crippen LogP contribution is 2.28. The lowest BCUT2D eigenvalue weighted by atomic mass is 10.2. The molecule has 0 aliphatic rings. The van der Waals surface area contributed by atoms with Crippen LogP contribution in [0.15, 0.2) is 30.4 Å². The molecule has 0 aromatic heterocycles. The van der Waals surface area contributed by atoms with Gasteiger partial charge in [-0.15, -0.1) is 0 Å². The third kappa shape index (κ3) is 3.20. The minimum Gasteiger partial charge on any atom is -0.497 e. The zero-order valence-corrected chi connectivity index (χ0v) is 9.46. The summed E-state index contributed by atoms with van der Waals surface area (Å²) in [5.74, 6) is 1.56. The number of nitrogens with one attached hydrogen (secondary N) is 1. The van der Waals surface area contributed by atoms with Crippen molar-refractivity contribution < 1.29 is 9.47 Å². The second-order valence-corrected chi connectivity index (χ2v) is 3.38. The van der Waals surface area contributed by atoms with Gasteiger partial charge in [0.25, 0.3) is 0 Å². The van der Waals surface area contributed by atoms with Crippen LogP contribution in [-0.4, -0.2) is 20.8 Å². The van der Waals surface area contributed by atoms with Crippen LogP contribution >= 0.6 is 0 Å². The van der Waals surface area contributed by atoms with Crippen molar-refractivity contribution in [2.75, 3.05) is 26.1 Å². The van der Waals surface area contributed by atoms with Gasteiger partial charge in [-0.1, -0.05) is 12.2 Å². The maximum atomic E-state index is 5.25. The Bertz CT molecular complexity index is 347. The lowest BCUT2D eigenvalue weighted by molar-refractivity contribution is 0.395. The highest BCUT2D eigenvalue weighted by atomic mass is 16.5. The van der Waals surface area contributed by atoms with Gasteiger partial charge >= 0.3 is 0 Å². The van der Waals surface area contributed by atoms with Crippen LogP contribution in [0, 0.1) is 0 Å². The Hall–Kier alpha value is -1.64. The first kappa shape index (κ1) is 11.4. The van der Waals surface area contributed by atoms with E-state index in [-0.39, 0.29) is 0 Å². The smallest absolute Gasteiger partial charge is 0.145 e. The molecule has 0 aliphatic heterocycles. The van der Waals surface area contributed by atoms with Gasteiger partial charge in [0.05, 0.1) is 19.9 Å². The van der Waals surface area contributed by atoms with E-state index in [1.807, 2.05) is 25.1 Å². The quantitative estimate of drug-likeness (QED) is 0.753. The fourth-order valence-corrected chi connectivity index (χ4v) is 1.19. The summed E-state index contributed by atoms with van der Waals surface area (Å²) >= 11 is 0. The standard InChI is InChI=1S/C12H17NO2/c1-9(2)8-13-11-6-5-10(14-3)7-12(11)15-4/h5-7,13H,1,8H2,2-4H3. The first-order valence-corrected chi connectivity index (χ1v) is 4.77. The number of anilines is 1. The van der Waals surface area contributed by atoms with Gasteiger partial charge < -0.3 is 14.8 Å². The van der Waals surface area contributed by atoms with Crippen LogP contribution in [0.3, 0.4) is 0 Å². The molecule has 0 saturated heterocycles. The van der Waals surface area contributed by atoms with Gasteiger partial charge in [0.15, 0.2) is 0 Å². The van der Waals surface area contributed by atoms with Crippen molar-refractivity contribution in [1.29, 1.82) is 0 Å². The molecule has 0 fully saturated rings. The maximum absolute atomic E-state index is 5.25. The summed E-state index contributed by atoms with van der Waals surface area (Å²) in [6, 6.07) is 5.67. The Balaban J connectivity index is 2.82. The average Bonchev–Trinajstić information content (AvgIpc) is 2.25. The minimum atomic E-state index is 0.739. The SMILES string of the molecule is C=C(C)CNc1ccc(OC)cc1OC. The van der Waals surface area contributed by atoms with Crippen molar-refractivity contribution >= 4 is 5.69 Å². The largest absolute Gasteiger partial charge is 0.497 e. The molecule has 0 aliphatic carbocycles. The highest BCUT2D eigenvalue weighted by Gasteiger charge is 2.03. The normalized spacial score (nSPS) is 9.53. The van der Waals surface area contributed by atoms with Crippen LogP contribution in [0.25, 0.3) is 0 Å². The molecule has 0 spiro atoms. The predicted molar refractivity (Wildman–Crippen MR) is 62.8 cm³/mol. The fourth-order valence-electron chi connectivity index (χ4n) is 1.19. The van der Waals surface area contributed by atoms with Gasteiger partial charge in [0.1, 0.15) is 11.5 Å². The van der Waals surface area contributed by atoms with Crippen molar-refractivity contribution in [2.45, 2.75) is 6.92 Å². The molecule has 3 nitrogen and oxygen atoms in total. The molecular formula is C12H17NO2. The van der Waals surface area contributed by atoms with Gasteiger partial charge in [-0.3, -0.25) is 0 Å². The van der Waals surface area contributed by atoms with Crippen LogP contribution < -0.4 is 14.8 Å². The van der Waals surface area contributed by atoms with E-state index in [1.165, 1.54) is 0 Å². The second-order valence-electron chi connectivity index (χ2n) is 3.38. The lowest BCUT2D eigenvalue weighted by Crippen LogP contribution is -2.03. The molecule has 0 unspecified atom stereocenters. The molecule has 82 valence electrons. The summed E-state index contributed by atoms with van der Waals surface area (Å²) in [6.45, 7) is 6.55. The van der Waals surface area contributed by atoms with Gasteiger partial charge in [0.2, 0.25) is 0 Å². The molecule has 0 saturated carbocycles. The first-order chi connectivity index (χ1) is 7.17. The summed E-state index contributed by atoms with van der Waals surface area (Å²) in [6.07, 6.45) is 0. The van der Waals surface area contributed by atoms with Crippen molar-refractivity contribution in [1.82, 2.24) is 0 Å². The number of hydrogen-bond acceptors (Lipinski definition) is 3. The van der Waals surface area contributed by atoms with E-state index in [0.717, 1.165) is 29.3 Å². The molecule has 1 aromatic carbocycles. The molecule has 3 heteroatoms. The zero-order valence-electron chi connectivity index (χ0n) is 9.46. The fraction of sp³-hybridized carbons (Fsp3) is 0.333. The molecule has 1 N–H and O–H groups in total. The third-order valence-electron chi connectivity index (χ3n) is 1.99. The van der Waals surface area contributed by atoms with E-state index in [2.05, 4.69) is 11.9 Å². The zero-order chi connectivity index (χ0) is 11.3. The predicted octanol–water partition coefficient (Wildman–Crippen LogP) is 2.69. The van der Waals surface area contributed by atoms with E-state index in [0.29, 0.717) is 0 Å². The molecule has 15 heavy (non-hydrogen) atoms. The number of hydrogen-bond donors (Lipinski definition) is 1. The molecular weight excluding hydrogens is 190 g/mol. The van der Waals surface area contributed by atoms with Gasteiger partial charge in [-0.05, 0) is 19.1 Å². The number of rotatable bonds is 5. The Morgan fingerprint density at radius 3 is 2.60 bits per heavy atom. The van der Waals surface area contributed by atoms with E-state index >= 15 is 0 Å². The van der Waals surface area contributed by atoms with Crippen LogP contribution in [0.5, 0.6) is 11.5 Å². The highest BCUT2D eigenvalue weighted by molar-refractivity contribution is 5.59. The van der Waals surface area contributed by atoms with Crippen LogP contribution in [0.1, 0.15) is 6.92 Å². The van der Waals surface area contributed by atoms with Crippen molar-refractivity contribution in [3.05, 3.63) is 30.4 Å². The molecule has 1 rings (SSSR count). The molecule has 0 heterocycles. The Kier molecular flexibility index (Phi) is 4.03. The molecule has 0 amide bonds. The summed E-state index contributed by atoms with van der Waals surface area (Å²) < 4.78 is 10.4. The Morgan fingerprint density at radius 2 is 2.07 bits per heavy atom. The molecule has 1 aromatic rings. The minimum absolute atomic E-state index is 0.739. The van der Waals surface area contributed by atoms with Gasteiger partial charge in [-0.25, -0.2) is 0 Å². The molecule has 0 bridgehead atoms. The summed E-state index contributed by atoms with van der Waals surface area (Å²) in [5.41, 5.74) is 2.02. The number of methoxy groups -OCH3 is 2. The molecule has 0 radical (unpaired) electrons. The van der Waals surface area contributed by atoms with Crippen LogP contribution in [0.4, 0.5) is 5.69 Å². The van der Waals surface area contributed by atoms with E-state index in [9.17, 15) is 0 Å². The van der Waals surface area contributed by atoms with Gasteiger partial charge in [-0.2, -0.15) is 0 Å². The van der Waals surface area contributed by atoms with Crippen molar-refractivity contribution in [3.8, 4) is 11.5 Å². The lowest BCUT2D eigenvalue weighted by Gasteiger charge is -2.12. The first-order valence-electron chi connectivity index (χ1n) is 4.77. The summed E-state index contributed by atoms with van der Waals surface area (Å²) in [4.78, 5) is 0. The van der Waals surface area contributed by atoms with E-state index in [1.54, 1.807) is 14.2 Å². The average molecular weight is 207 g/mol. The molecule has 0 atom stereocenters. The van der Waals surface area contributed by atoms with Crippen molar-refractivity contribution in [2.24, 2.45) is 0 Å². The summed E-state index contributed by atoms with van der Waals surface area (Å²) in [7, 11) is 3.27. The van der Waals surface area contributed by atoms with E-state index in [4.69, 9.17) is 9.47 Å². The number of ether oxygens (including phenoxy) is 2. The van der Waals surface area contributed by atoms with Crippen LogP contribution in [0.2, 0.25) is 0 Å². The summed E-state index contributed by atoms with van der Waals surface area (Å²) in [5, 5.41) is 3.23. The van der Waals surface area contributed by atoms with Gasteiger partial charge in [0, 0.05) is 12.6 Å². The maximum Gasteiger partial charge on any atom is 0.145 e. The topological polar surface area (TPSA) is 30.5 Å². The van der Waals surface area contributed by atoms with Crippen molar-refractivity contribution in [3.63, 3.8) is 0 Å². The van der Waals surface area contributed by atoms with E-state index < -0.39 is 0 Å². The Labute approximate surface area is 90.7 Å².